The highest BCUT2D eigenvalue weighted by Crippen LogP contribution is 2.30. The topological polar surface area (TPSA) is 70.0 Å². The number of carboxylic acids is 1. The summed E-state index contributed by atoms with van der Waals surface area (Å²) in [7, 11) is 0. The first-order chi connectivity index (χ1) is 12.0. The largest absolute Gasteiger partial charge is 0.480 e. The highest BCUT2D eigenvalue weighted by Gasteiger charge is 2.35. The van der Waals surface area contributed by atoms with Crippen LogP contribution >= 0.6 is 23.4 Å². The van der Waals surface area contributed by atoms with E-state index >= 15 is 0 Å². The summed E-state index contributed by atoms with van der Waals surface area (Å²) in [6, 6.07) is 16.4. The van der Waals surface area contributed by atoms with Crippen LogP contribution in [0.3, 0.4) is 0 Å². The van der Waals surface area contributed by atoms with E-state index in [4.69, 9.17) is 11.6 Å². The van der Waals surface area contributed by atoms with E-state index in [0.29, 0.717) is 22.4 Å². The Balaban J connectivity index is 1.91. The van der Waals surface area contributed by atoms with Crippen molar-refractivity contribution in [3.8, 4) is 0 Å². The molecular formula is C18H15ClN2O3S. The summed E-state index contributed by atoms with van der Waals surface area (Å²) < 4.78 is 0. The highest BCUT2D eigenvalue weighted by atomic mass is 35.5. The Hall–Kier alpha value is -2.31. The number of carbonyl (C=O) groups excluding carboxylic acids is 1. The van der Waals surface area contributed by atoms with Crippen molar-refractivity contribution in [2.75, 3.05) is 0 Å². The molecule has 128 valence electrons. The number of aliphatic imine (C=N–C) groups is 1. The molecule has 0 spiro atoms. The number of halogens is 1. The fourth-order valence-electron chi connectivity index (χ4n) is 2.37. The number of thioether (sulfide) groups is 1. The van der Waals surface area contributed by atoms with Crippen LogP contribution in [-0.2, 0) is 16.1 Å². The predicted octanol–water partition coefficient (Wildman–Crippen LogP) is 3.95. The van der Waals surface area contributed by atoms with Gasteiger partial charge in [-0.05, 0) is 29.8 Å². The van der Waals surface area contributed by atoms with Gasteiger partial charge in [0.1, 0.15) is 5.25 Å². The Kier molecular flexibility index (Phi) is 5.40. The van der Waals surface area contributed by atoms with Gasteiger partial charge in [0.05, 0.1) is 18.7 Å². The number of carboxylic acid groups (broad SMARTS) is 1. The molecule has 1 atom stereocenters. The second kappa shape index (κ2) is 7.72. The summed E-state index contributed by atoms with van der Waals surface area (Å²) in [5, 5.41) is 9.47. The molecule has 2 aromatic carbocycles. The average molecular weight is 375 g/mol. The molecule has 1 saturated heterocycles. The fraction of sp³-hybridized carbons (Fsp3) is 0.167. The highest BCUT2D eigenvalue weighted by molar-refractivity contribution is 8.15. The molecule has 5 nitrogen and oxygen atoms in total. The zero-order chi connectivity index (χ0) is 17.8. The van der Waals surface area contributed by atoms with E-state index in [-0.39, 0.29) is 12.3 Å². The molecule has 0 bridgehead atoms. The zero-order valence-electron chi connectivity index (χ0n) is 13.1. The Morgan fingerprint density at radius 3 is 2.52 bits per heavy atom. The molecule has 0 aliphatic carbocycles. The number of benzene rings is 2. The molecule has 2 aromatic rings. The van der Waals surface area contributed by atoms with Crippen molar-refractivity contribution in [1.29, 1.82) is 0 Å². The second-order valence-corrected chi connectivity index (χ2v) is 7.09. The van der Waals surface area contributed by atoms with Gasteiger partial charge >= 0.3 is 5.97 Å². The maximum absolute atomic E-state index is 12.5. The van der Waals surface area contributed by atoms with E-state index in [2.05, 4.69) is 4.99 Å². The molecule has 1 fully saturated rings. The normalized spacial score (nSPS) is 19.2. The van der Waals surface area contributed by atoms with Gasteiger partial charge in [-0.1, -0.05) is 53.7 Å². The van der Waals surface area contributed by atoms with Gasteiger partial charge in [0.15, 0.2) is 5.17 Å². The molecule has 3 rings (SSSR count). The number of amidine groups is 1. The first kappa shape index (κ1) is 17.5. The number of para-hydroxylation sites is 1. The first-order valence-corrected chi connectivity index (χ1v) is 8.87. The molecule has 7 heteroatoms. The number of hydrogen-bond donors (Lipinski definition) is 1. The van der Waals surface area contributed by atoms with E-state index < -0.39 is 11.2 Å². The van der Waals surface area contributed by atoms with Crippen LogP contribution in [0.4, 0.5) is 5.69 Å². The molecule has 0 radical (unpaired) electrons. The van der Waals surface area contributed by atoms with Crippen molar-refractivity contribution in [3.63, 3.8) is 0 Å². The minimum atomic E-state index is -1.01. The lowest BCUT2D eigenvalue weighted by Crippen LogP contribution is -2.43. The summed E-state index contributed by atoms with van der Waals surface area (Å²) in [6.07, 6.45) is -0.0542. The third kappa shape index (κ3) is 4.41. The lowest BCUT2D eigenvalue weighted by atomic mass is 10.2. The van der Waals surface area contributed by atoms with Crippen molar-refractivity contribution < 1.29 is 14.7 Å². The van der Waals surface area contributed by atoms with Gasteiger partial charge in [0.25, 0.3) is 0 Å². The van der Waals surface area contributed by atoms with Crippen molar-refractivity contribution in [2.24, 2.45) is 4.99 Å². The summed E-state index contributed by atoms with van der Waals surface area (Å²) in [6.45, 7) is 0.320. The van der Waals surface area contributed by atoms with Gasteiger partial charge in [-0.2, -0.15) is 0 Å². The van der Waals surface area contributed by atoms with Gasteiger partial charge in [-0.15, -0.1) is 0 Å². The van der Waals surface area contributed by atoms with Crippen LogP contribution in [-0.4, -0.2) is 32.3 Å². The van der Waals surface area contributed by atoms with Crippen LogP contribution in [0.15, 0.2) is 59.6 Å². The summed E-state index contributed by atoms with van der Waals surface area (Å²) in [5.41, 5.74) is 1.57. The van der Waals surface area contributed by atoms with Crippen LogP contribution < -0.4 is 0 Å². The van der Waals surface area contributed by atoms with Crippen molar-refractivity contribution in [1.82, 2.24) is 4.90 Å². The molecule has 1 heterocycles. The maximum atomic E-state index is 12.5. The van der Waals surface area contributed by atoms with E-state index in [1.165, 1.54) is 4.90 Å². The average Bonchev–Trinajstić information content (AvgIpc) is 2.60. The lowest BCUT2D eigenvalue weighted by molar-refractivity contribution is -0.139. The smallest absolute Gasteiger partial charge is 0.317 e. The van der Waals surface area contributed by atoms with E-state index in [9.17, 15) is 14.7 Å². The third-order valence-corrected chi connectivity index (χ3v) is 5.08. The number of aliphatic carboxylic acids is 1. The molecule has 25 heavy (non-hydrogen) atoms. The van der Waals surface area contributed by atoms with Crippen LogP contribution in [0, 0.1) is 0 Å². The maximum Gasteiger partial charge on any atom is 0.317 e. The minimum Gasteiger partial charge on any atom is -0.480 e. The number of amides is 1. The fourth-order valence-corrected chi connectivity index (χ4v) is 3.53. The Morgan fingerprint density at radius 2 is 1.88 bits per heavy atom. The van der Waals surface area contributed by atoms with E-state index in [1.54, 1.807) is 12.1 Å². The van der Waals surface area contributed by atoms with Gasteiger partial charge < -0.3 is 5.11 Å². The quantitative estimate of drug-likeness (QED) is 0.879. The monoisotopic (exact) mass is 374 g/mol. The Labute approximate surface area is 154 Å². The number of hydrogen-bond acceptors (Lipinski definition) is 4. The second-order valence-electron chi connectivity index (χ2n) is 5.49. The molecule has 0 saturated carbocycles. The zero-order valence-corrected chi connectivity index (χ0v) is 14.7. The predicted molar refractivity (Wildman–Crippen MR) is 99.2 cm³/mol. The van der Waals surface area contributed by atoms with Gasteiger partial charge in [0, 0.05) is 5.02 Å². The van der Waals surface area contributed by atoms with Crippen molar-refractivity contribution >= 4 is 46.1 Å². The van der Waals surface area contributed by atoms with Gasteiger partial charge in [0.2, 0.25) is 5.91 Å². The third-order valence-electron chi connectivity index (χ3n) is 3.65. The van der Waals surface area contributed by atoms with Crippen LogP contribution in [0.1, 0.15) is 12.0 Å². The van der Waals surface area contributed by atoms with Crippen molar-refractivity contribution in [2.45, 2.75) is 18.2 Å². The van der Waals surface area contributed by atoms with Gasteiger partial charge in [-0.25, -0.2) is 4.99 Å². The summed E-state index contributed by atoms with van der Waals surface area (Å²) in [5.74, 6) is -1.26. The molecule has 1 amide bonds. The van der Waals surface area contributed by atoms with Crippen molar-refractivity contribution in [3.05, 3.63) is 65.2 Å². The van der Waals surface area contributed by atoms with E-state index in [0.717, 1.165) is 17.3 Å². The molecule has 1 aliphatic heterocycles. The van der Waals surface area contributed by atoms with Crippen LogP contribution in [0.25, 0.3) is 0 Å². The molecule has 1 aliphatic rings. The standard InChI is InChI=1S/C18H15ClN2O3S/c19-13-8-6-12(7-9-13)11-21-16(22)10-15(17(23)24)25-18(21)20-14-4-2-1-3-5-14/h1-9,15H,10-11H2,(H,23,24)/t15-/m1/s1. The Morgan fingerprint density at radius 1 is 1.20 bits per heavy atom. The Bertz CT molecular complexity index is 809. The number of carbonyl (C=O) groups is 2. The summed E-state index contributed by atoms with van der Waals surface area (Å²) >= 11 is 7.00. The SMILES string of the molecule is O=C(O)[C@H]1CC(=O)N(Cc2ccc(Cl)cc2)C(=Nc2ccccc2)S1. The minimum absolute atomic E-state index is 0.0542. The van der Waals surface area contributed by atoms with E-state index in [1.807, 2.05) is 42.5 Å². The first-order valence-electron chi connectivity index (χ1n) is 7.61. The lowest BCUT2D eigenvalue weighted by Gasteiger charge is -2.30. The molecule has 0 unspecified atom stereocenters. The summed E-state index contributed by atoms with van der Waals surface area (Å²) in [4.78, 5) is 29.9. The molecule has 0 aromatic heterocycles. The molecule has 1 N–H and O–H groups in total. The number of nitrogens with zero attached hydrogens (tertiary/aromatic N) is 2. The van der Waals surface area contributed by atoms with Crippen LogP contribution in [0.5, 0.6) is 0 Å². The molecular weight excluding hydrogens is 360 g/mol. The van der Waals surface area contributed by atoms with Crippen LogP contribution in [0.2, 0.25) is 5.02 Å². The van der Waals surface area contributed by atoms with Gasteiger partial charge in [-0.3, -0.25) is 14.5 Å². The number of rotatable bonds is 4.